The molecule has 1 aromatic rings. The summed E-state index contributed by atoms with van der Waals surface area (Å²) in [4.78, 5) is 50.9. The fraction of sp³-hybridized carbons (Fsp3) is 0.524. The molecule has 1 aliphatic rings. The van der Waals surface area contributed by atoms with E-state index in [9.17, 15) is 19.2 Å². The van der Waals surface area contributed by atoms with E-state index in [1.807, 2.05) is 6.92 Å². The molecular formula is C21H29N3O5. The van der Waals surface area contributed by atoms with Crippen molar-refractivity contribution in [3.05, 3.63) is 29.8 Å². The van der Waals surface area contributed by atoms with E-state index in [2.05, 4.69) is 5.32 Å². The molecule has 0 aliphatic carbocycles. The molecule has 0 unspecified atom stereocenters. The second-order valence-electron chi connectivity index (χ2n) is 7.00. The number of hydrogen-bond acceptors (Lipinski definition) is 5. The van der Waals surface area contributed by atoms with Gasteiger partial charge < -0.3 is 19.9 Å². The van der Waals surface area contributed by atoms with E-state index >= 15 is 0 Å². The van der Waals surface area contributed by atoms with E-state index in [4.69, 9.17) is 4.74 Å². The molecule has 0 spiro atoms. The Morgan fingerprint density at radius 2 is 1.59 bits per heavy atom. The molecule has 2 rings (SSSR count). The second kappa shape index (κ2) is 11.2. The summed E-state index contributed by atoms with van der Waals surface area (Å²) in [7, 11) is 0. The lowest BCUT2D eigenvalue weighted by atomic mass is 10.2. The predicted octanol–water partition coefficient (Wildman–Crippen LogP) is 2.05. The normalized spacial score (nSPS) is 13.7. The van der Waals surface area contributed by atoms with Gasteiger partial charge in [0, 0.05) is 51.6 Å². The Hall–Kier alpha value is -2.90. The zero-order valence-corrected chi connectivity index (χ0v) is 17.1. The van der Waals surface area contributed by atoms with Crippen LogP contribution in [-0.4, -0.2) is 66.3 Å². The number of amides is 3. The van der Waals surface area contributed by atoms with Gasteiger partial charge in [0.1, 0.15) is 0 Å². The van der Waals surface area contributed by atoms with Gasteiger partial charge in [0.2, 0.25) is 17.7 Å². The average molecular weight is 403 g/mol. The molecule has 1 N–H and O–H groups in total. The third kappa shape index (κ3) is 7.21. The summed E-state index contributed by atoms with van der Waals surface area (Å²) < 4.78 is 5.14. The van der Waals surface area contributed by atoms with Crippen molar-refractivity contribution in [2.24, 2.45) is 0 Å². The zero-order chi connectivity index (χ0) is 21.2. The minimum Gasteiger partial charge on any atom is -0.462 e. The average Bonchev–Trinajstić information content (AvgIpc) is 2.72. The molecule has 3 amide bonds. The molecule has 8 nitrogen and oxygen atoms in total. The Balaban J connectivity index is 1.73. The van der Waals surface area contributed by atoms with Crippen molar-refractivity contribution in [1.29, 1.82) is 0 Å². The summed E-state index contributed by atoms with van der Waals surface area (Å²) in [6, 6.07) is 6.47. The molecule has 0 radical (unpaired) electrons. The lowest BCUT2D eigenvalue weighted by Crippen LogP contribution is -2.50. The highest BCUT2D eigenvalue weighted by Crippen LogP contribution is 2.12. The predicted molar refractivity (Wildman–Crippen MR) is 108 cm³/mol. The molecule has 1 aromatic carbocycles. The topological polar surface area (TPSA) is 96.0 Å². The molecule has 158 valence electrons. The fourth-order valence-corrected chi connectivity index (χ4v) is 2.95. The van der Waals surface area contributed by atoms with Crippen molar-refractivity contribution < 1.29 is 23.9 Å². The Bertz CT molecular complexity index is 724. The standard InChI is InChI=1S/C21H29N3O5/c1-3-4-15-29-21(28)17-5-7-18(8-6-17)22-19(26)9-10-20(27)24-13-11-23(12-14-24)16(2)25/h5-8H,3-4,9-15H2,1-2H3,(H,22,26). The highest BCUT2D eigenvalue weighted by Gasteiger charge is 2.22. The summed E-state index contributed by atoms with van der Waals surface area (Å²) in [6.07, 6.45) is 1.97. The molecule has 0 saturated carbocycles. The molecule has 1 saturated heterocycles. The van der Waals surface area contributed by atoms with Gasteiger partial charge in [-0.2, -0.15) is 0 Å². The maximum absolute atomic E-state index is 12.3. The van der Waals surface area contributed by atoms with Crippen LogP contribution < -0.4 is 5.32 Å². The molecule has 1 heterocycles. The largest absolute Gasteiger partial charge is 0.462 e. The smallest absolute Gasteiger partial charge is 0.338 e. The molecule has 0 bridgehead atoms. The lowest BCUT2D eigenvalue weighted by molar-refractivity contribution is -0.138. The van der Waals surface area contributed by atoms with Crippen molar-refractivity contribution in [2.45, 2.75) is 39.5 Å². The van der Waals surface area contributed by atoms with Crippen LogP contribution in [0, 0.1) is 0 Å². The minimum atomic E-state index is -0.383. The molecule has 1 aliphatic heterocycles. The van der Waals surface area contributed by atoms with Gasteiger partial charge in [-0.05, 0) is 30.7 Å². The summed E-state index contributed by atoms with van der Waals surface area (Å²) >= 11 is 0. The van der Waals surface area contributed by atoms with Gasteiger partial charge in [0.15, 0.2) is 0 Å². The molecule has 1 fully saturated rings. The van der Waals surface area contributed by atoms with Crippen molar-refractivity contribution in [2.75, 3.05) is 38.1 Å². The Morgan fingerprint density at radius 3 is 2.17 bits per heavy atom. The molecule has 0 atom stereocenters. The number of rotatable bonds is 8. The number of carbonyl (C=O) groups is 4. The van der Waals surface area contributed by atoms with E-state index in [0.717, 1.165) is 12.8 Å². The number of nitrogens with one attached hydrogen (secondary N) is 1. The van der Waals surface area contributed by atoms with Gasteiger partial charge in [0.05, 0.1) is 12.2 Å². The number of nitrogens with zero attached hydrogens (tertiary/aromatic N) is 2. The van der Waals surface area contributed by atoms with Gasteiger partial charge in [0.25, 0.3) is 0 Å². The van der Waals surface area contributed by atoms with Crippen LogP contribution >= 0.6 is 0 Å². The molecule has 8 heteroatoms. The summed E-state index contributed by atoms with van der Waals surface area (Å²) in [6.45, 7) is 5.98. The quantitative estimate of drug-likeness (QED) is 0.529. The SMILES string of the molecule is CCCCOC(=O)c1ccc(NC(=O)CCC(=O)N2CCN(C(C)=O)CC2)cc1. The van der Waals surface area contributed by atoms with E-state index in [1.54, 1.807) is 34.1 Å². The first-order valence-corrected chi connectivity index (χ1v) is 10.0. The fourth-order valence-electron chi connectivity index (χ4n) is 2.95. The molecule has 29 heavy (non-hydrogen) atoms. The molecular weight excluding hydrogens is 374 g/mol. The van der Waals surface area contributed by atoms with Crippen molar-refractivity contribution in [1.82, 2.24) is 9.80 Å². The van der Waals surface area contributed by atoms with Crippen LogP contribution in [0.3, 0.4) is 0 Å². The van der Waals surface area contributed by atoms with Crippen molar-refractivity contribution in [3.63, 3.8) is 0 Å². The first-order chi connectivity index (χ1) is 13.9. The number of esters is 1. The van der Waals surface area contributed by atoms with Crippen LogP contribution in [0.25, 0.3) is 0 Å². The van der Waals surface area contributed by atoms with Crippen molar-refractivity contribution in [3.8, 4) is 0 Å². The van der Waals surface area contributed by atoms with Gasteiger partial charge in [-0.1, -0.05) is 13.3 Å². The minimum absolute atomic E-state index is 0.0108. The number of benzene rings is 1. The second-order valence-corrected chi connectivity index (χ2v) is 7.00. The summed E-state index contributed by atoms with van der Waals surface area (Å²) in [5.74, 6) is -0.726. The van der Waals surface area contributed by atoms with Gasteiger partial charge in [-0.15, -0.1) is 0 Å². The Labute approximate surface area is 171 Å². The van der Waals surface area contributed by atoms with Gasteiger partial charge in [-0.25, -0.2) is 4.79 Å². The summed E-state index contributed by atoms with van der Waals surface area (Å²) in [5.41, 5.74) is 0.988. The number of hydrogen-bond donors (Lipinski definition) is 1. The highest BCUT2D eigenvalue weighted by atomic mass is 16.5. The third-order valence-electron chi connectivity index (χ3n) is 4.78. The van der Waals surface area contributed by atoms with Gasteiger partial charge >= 0.3 is 5.97 Å². The molecule has 0 aromatic heterocycles. The van der Waals surface area contributed by atoms with Crippen molar-refractivity contribution >= 4 is 29.4 Å². The number of carbonyl (C=O) groups excluding carboxylic acids is 4. The van der Waals surface area contributed by atoms with E-state index < -0.39 is 0 Å². The lowest BCUT2D eigenvalue weighted by Gasteiger charge is -2.34. The van der Waals surface area contributed by atoms with E-state index in [-0.39, 0.29) is 36.5 Å². The number of ether oxygens (including phenoxy) is 1. The van der Waals surface area contributed by atoms with Crippen LogP contribution in [0.2, 0.25) is 0 Å². The first-order valence-electron chi connectivity index (χ1n) is 10.0. The van der Waals surface area contributed by atoms with Crippen LogP contribution in [0.4, 0.5) is 5.69 Å². The monoisotopic (exact) mass is 403 g/mol. The maximum atomic E-state index is 12.3. The van der Waals surface area contributed by atoms with E-state index in [0.29, 0.717) is 44.0 Å². The third-order valence-corrected chi connectivity index (χ3v) is 4.78. The highest BCUT2D eigenvalue weighted by molar-refractivity contribution is 5.94. The Kier molecular flexibility index (Phi) is 8.64. The number of piperazine rings is 1. The van der Waals surface area contributed by atoms with E-state index in [1.165, 1.54) is 6.92 Å². The van der Waals surface area contributed by atoms with Gasteiger partial charge in [-0.3, -0.25) is 14.4 Å². The summed E-state index contributed by atoms with van der Waals surface area (Å²) in [5, 5.41) is 2.73. The number of anilines is 1. The first kappa shape index (κ1) is 22.4. The zero-order valence-electron chi connectivity index (χ0n) is 17.1. The maximum Gasteiger partial charge on any atom is 0.338 e. The van der Waals surface area contributed by atoms with Crippen LogP contribution in [-0.2, 0) is 19.1 Å². The van der Waals surface area contributed by atoms with Crippen LogP contribution in [0.1, 0.15) is 49.9 Å². The van der Waals surface area contributed by atoms with Crippen LogP contribution in [0.5, 0.6) is 0 Å². The van der Waals surface area contributed by atoms with Crippen LogP contribution in [0.15, 0.2) is 24.3 Å². The Morgan fingerprint density at radius 1 is 0.966 bits per heavy atom. The number of unbranched alkanes of at least 4 members (excludes halogenated alkanes) is 1.